The third-order valence-corrected chi connectivity index (χ3v) is 4.92. The molecule has 0 unspecified atom stereocenters. The Morgan fingerprint density at radius 1 is 1.06 bits per heavy atom. The third-order valence-electron chi connectivity index (χ3n) is 4.92. The van der Waals surface area contributed by atoms with E-state index < -0.39 is 11.6 Å². The van der Waals surface area contributed by atoms with Crippen molar-refractivity contribution in [3.63, 3.8) is 0 Å². The van der Waals surface area contributed by atoms with Gasteiger partial charge >= 0.3 is 0 Å². The molecule has 3 aromatic rings. The van der Waals surface area contributed by atoms with Crippen LogP contribution in [-0.2, 0) is 0 Å². The van der Waals surface area contributed by atoms with E-state index in [4.69, 9.17) is 11.2 Å². The van der Waals surface area contributed by atoms with Crippen molar-refractivity contribution in [1.82, 2.24) is 0 Å². The molecule has 0 saturated heterocycles. The summed E-state index contributed by atoms with van der Waals surface area (Å²) in [7, 11) is 0. The van der Waals surface area contributed by atoms with Gasteiger partial charge in [0.1, 0.15) is 18.2 Å². The second kappa shape index (κ2) is 12.9. The number of hydrogen-bond donors (Lipinski definition) is 0. The van der Waals surface area contributed by atoms with Gasteiger partial charge in [-0.2, -0.15) is 0 Å². The number of ether oxygens (including phenoxy) is 1. The minimum absolute atomic E-state index is 0.0676. The van der Waals surface area contributed by atoms with E-state index in [1.54, 1.807) is 18.2 Å². The molecule has 0 aliphatic rings. The SMILES string of the molecule is C#CCOc1ccc(N=C(N=C)C(=O)c2ccc(F)cc2)c(C)c1.Cc1ccc(C(C)C)cc1. The summed E-state index contributed by atoms with van der Waals surface area (Å²) in [5.74, 6) is 2.73. The van der Waals surface area contributed by atoms with Gasteiger partial charge in [-0.3, -0.25) is 4.79 Å². The van der Waals surface area contributed by atoms with Crippen molar-refractivity contribution in [2.75, 3.05) is 6.61 Å². The quantitative estimate of drug-likeness (QED) is 0.176. The summed E-state index contributed by atoms with van der Waals surface area (Å²) in [6, 6.07) is 19.0. The van der Waals surface area contributed by atoms with E-state index in [2.05, 4.69) is 67.7 Å². The molecular weight excluding hydrogens is 427 g/mol. The van der Waals surface area contributed by atoms with Gasteiger partial charge in [-0.15, -0.1) is 6.42 Å². The van der Waals surface area contributed by atoms with Crippen LogP contribution in [0.3, 0.4) is 0 Å². The van der Waals surface area contributed by atoms with Crippen LogP contribution < -0.4 is 4.74 Å². The van der Waals surface area contributed by atoms with E-state index in [1.807, 2.05) is 6.92 Å². The van der Waals surface area contributed by atoms with E-state index in [1.165, 1.54) is 35.4 Å². The molecule has 0 aromatic heterocycles. The third kappa shape index (κ3) is 7.83. The van der Waals surface area contributed by atoms with E-state index in [0.717, 1.165) is 5.56 Å². The standard InChI is InChI=1S/C19H15FN2O2.C10H14/c1-4-11-24-16-9-10-17(13(2)12-16)22-19(21-3)18(23)14-5-7-15(20)8-6-14;1-8(2)10-6-4-9(3)5-7-10/h1,5-10,12H,3,11H2,2H3;4-8H,1-3H3. The number of hydrogen-bond acceptors (Lipinski definition) is 3. The largest absolute Gasteiger partial charge is 0.481 e. The molecule has 4 nitrogen and oxygen atoms in total. The molecule has 0 N–H and O–H groups in total. The van der Waals surface area contributed by atoms with Crippen molar-refractivity contribution < 1.29 is 13.9 Å². The molecule has 5 heteroatoms. The van der Waals surface area contributed by atoms with Crippen LogP contribution in [-0.4, -0.2) is 24.9 Å². The summed E-state index contributed by atoms with van der Waals surface area (Å²) in [4.78, 5) is 20.3. The lowest BCUT2D eigenvalue weighted by Gasteiger charge is -2.06. The summed E-state index contributed by atoms with van der Waals surface area (Å²) in [6.45, 7) is 11.9. The summed E-state index contributed by atoms with van der Waals surface area (Å²) >= 11 is 0. The zero-order valence-electron chi connectivity index (χ0n) is 20.0. The summed E-state index contributed by atoms with van der Waals surface area (Å²) in [6.07, 6.45) is 5.15. The maximum absolute atomic E-state index is 13.0. The Kier molecular flexibility index (Phi) is 9.91. The lowest BCUT2D eigenvalue weighted by atomic mass is 10.0. The second-order valence-electron chi connectivity index (χ2n) is 7.94. The monoisotopic (exact) mass is 456 g/mol. The number of amidine groups is 1. The Bertz CT molecular complexity index is 1190. The first-order chi connectivity index (χ1) is 16.2. The smallest absolute Gasteiger partial charge is 0.230 e. The average Bonchev–Trinajstić information content (AvgIpc) is 2.83. The van der Waals surface area contributed by atoms with Gasteiger partial charge in [0.25, 0.3) is 0 Å². The number of ketones is 1. The fourth-order valence-electron chi connectivity index (χ4n) is 2.92. The molecule has 0 bridgehead atoms. The zero-order chi connectivity index (χ0) is 25.1. The molecule has 0 aliphatic carbocycles. The van der Waals surface area contributed by atoms with Gasteiger partial charge in [-0.25, -0.2) is 14.4 Å². The highest BCUT2D eigenvalue weighted by molar-refractivity contribution is 6.46. The molecule has 0 spiro atoms. The fraction of sp³-hybridized carbons (Fsp3) is 0.207. The minimum Gasteiger partial charge on any atom is -0.481 e. The summed E-state index contributed by atoms with van der Waals surface area (Å²) in [5, 5.41) is 0. The number of rotatable bonds is 6. The topological polar surface area (TPSA) is 51.0 Å². The maximum atomic E-state index is 13.0. The van der Waals surface area contributed by atoms with Crippen molar-refractivity contribution in [3.05, 3.63) is 94.8 Å². The van der Waals surface area contributed by atoms with Crippen LogP contribution in [0, 0.1) is 32.0 Å². The molecule has 0 saturated carbocycles. The van der Waals surface area contributed by atoms with Gasteiger partial charge in [0.05, 0.1) is 5.69 Å². The Labute approximate surface area is 201 Å². The highest BCUT2D eigenvalue weighted by Crippen LogP contribution is 2.24. The number of halogens is 1. The maximum Gasteiger partial charge on any atom is 0.230 e. The van der Waals surface area contributed by atoms with Gasteiger partial charge in [-0.05, 0) is 80.1 Å². The molecular formula is C29H29FN2O2. The number of aliphatic imine (C=N–C) groups is 2. The lowest BCUT2D eigenvalue weighted by molar-refractivity contribution is 0.106. The van der Waals surface area contributed by atoms with Crippen LogP contribution >= 0.6 is 0 Å². The lowest BCUT2D eigenvalue weighted by Crippen LogP contribution is -2.11. The molecule has 0 heterocycles. The minimum atomic E-state index is -0.433. The van der Waals surface area contributed by atoms with Crippen molar-refractivity contribution >= 4 is 24.0 Å². The van der Waals surface area contributed by atoms with Crippen LogP contribution in [0.2, 0.25) is 0 Å². The summed E-state index contributed by atoms with van der Waals surface area (Å²) in [5.41, 5.74) is 4.39. The van der Waals surface area contributed by atoms with Crippen LogP contribution in [0.5, 0.6) is 5.75 Å². The number of benzene rings is 3. The van der Waals surface area contributed by atoms with Crippen molar-refractivity contribution in [3.8, 4) is 18.1 Å². The van der Waals surface area contributed by atoms with Gasteiger partial charge in [0.15, 0.2) is 0 Å². The predicted octanol–water partition coefficient (Wildman–Crippen LogP) is 6.88. The predicted molar refractivity (Wildman–Crippen MR) is 138 cm³/mol. The van der Waals surface area contributed by atoms with Crippen LogP contribution in [0.15, 0.2) is 76.7 Å². The molecule has 3 aromatic carbocycles. The van der Waals surface area contributed by atoms with E-state index in [0.29, 0.717) is 17.4 Å². The highest BCUT2D eigenvalue weighted by atomic mass is 19.1. The van der Waals surface area contributed by atoms with Crippen molar-refractivity contribution in [1.29, 1.82) is 0 Å². The number of Topliss-reactive ketones (excluding diaryl/α,β-unsaturated/α-hetero) is 1. The van der Waals surface area contributed by atoms with Gasteiger partial charge in [0.2, 0.25) is 11.6 Å². The molecule has 174 valence electrons. The highest BCUT2D eigenvalue weighted by Gasteiger charge is 2.13. The van der Waals surface area contributed by atoms with Crippen LogP contribution in [0.1, 0.15) is 46.8 Å². The first-order valence-corrected chi connectivity index (χ1v) is 10.8. The average molecular weight is 457 g/mol. The molecule has 34 heavy (non-hydrogen) atoms. The molecule has 0 amide bonds. The molecule has 0 radical (unpaired) electrons. The number of carbonyl (C=O) groups is 1. The van der Waals surface area contributed by atoms with Gasteiger partial charge in [0, 0.05) is 5.56 Å². The Morgan fingerprint density at radius 2 is 1.71 bits per heavy atom. The first kappa shape index (κ1) is 26.2. The van der Waals surface area contributed by atoms with Gasteiger partial charge < -0.3 is 4.74 Å². The zero-order valence-corrected chi connectivity index (χ0v) is 20.0. The number of terminal acetylenes is 1. The van der Waals surface area contributed by atoms with Crippen LogP contribution in [0.25, 0.3) is 0 Å². The Morgan fingerprint density at radius 3 is 2.24 bits per heavy atom. The first-order valence-electron chi connectivity index (χ1n) is 10.8. The van der Waals surface area contributed by atoms with Crippen LogP contribution in [0.4, 0.5) is 10.1 Å². The number of aryl methyl sites for hydroxylation is 2. The Balaban J connectivity index is 0.000000340. The Hall–Kier alpha value is -4.04. The fourth-order valence-corrected chi connectivity index (χ4v) is 2.92. The number of carbonyl (C=O) groups excluding carboxylic acids is 1. The molecule has 0 fully saturated rings. The molecule has 0 aliphatic heterocycles. The van der Waals surface area contributed by atoms with E-state index in [9.17, 15) is 9.18 Å². The van der Waals surface area contributed by atoms with Gasteiger partial charge in [-0.1, -0.05) is 49.6 Å². The normalized spacial score (nSPS) is 10.7. The number of nitrogens with zero attached hydrogens (tertiary/aromatic N) is 2. The molecule has 3 rings (SSSR count). The van der Waals surface area contributed by atoms with E-state index >= 15 is 0 Å². The van der Waals surface area contributed by atoms with E-state index in [-0.39, 0.29) is 18.0 Å². The second-order valence-corrected chi connectivity index (χ2v) is 7.94. The van der Waals surface area contributed by atoms with Crippen molar-refractivity contribution in [2.45, 2.75) is 33.6 Å². The van der Waals surface area contributed by atoms with Crippen molar-refractivity contribution in [2.24, 2.45) is 9.98 Å². The summed E-state index contributed by atoms with van der Waals surface area (Å²) < 4.78 is 18.3. The molecule has 0 atom stereocenters.